The first-order valence-electron chi connectivity index (χ1n) is 9.27. The molecule has 1 aliphatic rings. The summed E-state index contributed by atoms with van der Waals surface area (Å²) >= 11 is 13.8. The van der Waals surface area contributed by atoms with Crippen molar-refractivity contribution in [3.8, 4) is 29.6 Å². The number of carbonyl (C=O) groups excluding carboxylic acids is 1. The molecule has 0 saturated carbocycles. The van der Waals surface area contributed by atoms with Crippen molar-refractivity contribution in [2.24, 2.45) is 0 Å². The molecule has 0 spiro atoms. The van der Waals surface area contributed by atoms with Gasteiger partial charge in [0.15, 0.2) is 17.0 Å². The lowest BCUT2D eigenvalue weighted by Gasteiger charge is -2.15. The molecule has 1 atom stereocenters. The molecule has 162 valence electrons. The Morgan fingerprint density at radius 2 is 2.06 bits per heavy atom. The molecule has 2 aromatic carbocycles. The summed E-state index contributed by atoms with van der Waals surface area (Å²) in [6, 6.07) is 8.66. The predicted octanol–water partition coefficient (Wildman–Crippen LogP) is 5.01. The highest BCUT2D eigenvalue weighted by Gasteiger charge is 2.28. The highest BCUT2D eigenvalue weighted by Crippen LogP contribution is 2.39. The number of benzene rings is 2. The van der Waals surface area contributed by atoms with Crippen LogP contribution in [0.3, 0.4) is 0 Å². The second-order valence-corrected chi connectivity index (χ2v) is 8.22. The molecular formula is C22H20Cl2N2O4S. The fraction of sp³-hybridized carbons (Fsp3) is 0.227. The predicted molar refractivity (Wildman–Crippen MR) is 126 cm³/mol. The zero-order valence-corrected chi connectivity index (χ0v) is 19.2. The lowest BCUT2D eigenvalue weighted by atomic mass is 10.2. The van der Waals surface area contributed by atoms with Crippen LogP contribution >= 0.6 is 35.0 Å². The zero-order chi connectivity index (χ0) is 22.4. The molecule has 1 aliphatic heterocycles. The van der Waals surface area contributed by atoms with E-state index in [-0.39, 0.29) is 12.5 Å². The van der Waals surface area contributed by atoms with Crippen LogP contribution in [0.2, 0.25) is 10.0 Å². The Kier molecular flexibility index (Phi) is 7.85. The first kappa shape index (κ1) is 23.0. The molecule has 2 N–H and O–H groups in total. The third kappa shape index (κ3) is 5.73. The summed E-state index contributed by atoms with van der Waals surface area (Å²) in [5.74, 6) is 3.63. The Morgan fingerprint density at radius 1 is 1.26 bits per heavy atom. The number of hydrogen-bond acceptors (Lipinski definition) is 6. The van der Waals surface area contributed by atoms with E-state index in [2.05, 4.69) is 16.6 Å². The number of rotatable bonds is 8. The van der Waals surface area contributed by atoms with Gasteiger partial charge in [0.05, 0.1) is 29.3 Å². The number of amides is 1. The molecule has 1 unspecified atom stereocenters. The smallest absolute Gasteiger partial charge is 0.260 e. The lowest BCUT2D eigenvalue weighted by Crippen LogP contribution is -2.31. The monoisotopic (exact) mass is 478 g/mol. The van der Waals surface area contributed by atoms with E-state index in [1.807, 2.05) is 6.92 Å². The molecule has 3 rings (SSSR count). The van der Waals surface area contributed by atoms with E-state index in [0.29, 0.717) is 50.1 Å². The van der Waals surface area contributed by atoms with Crippen molar-refractivity contribution in [2.45, 2.75) is 12.4 Å². The minimum absolute atomic E-state index is 0.0683. The second-order valence-electron chi connectivity index (χ2n) is 6.22. The molecule has 0 aliphatic carbocycles. The van der Waals surface area contributed by atoms with Gasteiger partial charge >= 0.3 is 0 Å². The maximum atomic E-state index is 12.5. The second kappa shape index (κ2) is 10.6. The van der Waals surface area contributed by atoms with Gasteiger partial charge in [-0.15, -0.1) is 6.42 Å². The number of thioether (sulfide) groups is 1. The summed E-state index contributed by atoms with van der Waals surface area (Å²) in [5.41, 5.74) is 0.970. The van der Waals surface area contributed by atoms with Crippen LogP contribution in [0.5, 0.6) is 17.2 Å². The number of halogens is 2. The Bertz CT molecular complexity index is 1050. The van der Waals surface area contributed by atoms with E-state index < -0.39 is 5.50 Å². The van der Waals surface area contributed by atoms with Crippen LogP contribution in [0.1, 0.15) is 12.5 Å². The average Bonchev–Trinajstić information content (AvgIpc) is 3.06. The largest absolute Gasteiger partial charge is 0.495 e. The normalized spacial score (nSPS) is 16.5. The van der Waals surface area contributed by atoms with E-state index in [1.165, 1.54) is 11.8 Å². The Morgan fingerprint density at radius 3 is 2.77 bits per heavy atom. The van der Waals surface area contributed by atoms with E-state index >= 15 is 0 Å². The van der Waals surface area contributed by atoms with Crippen LogP contribution in [-0.2, 0) is 4.79 Å². The number of methoxy groups -OCH3 is 1. The maximum absolute atomic E-state index is 12.5. The van der Waals surface area contributed by atoms with Crippen molar-refractivity contribution in [1.82, 2.24) is 5.32 Å². The molecule has 6 nitrogen and oxygen atoms in total. The van der Waals surface area contributed by atoms with Crippen LogP contribution < -0.4 is 24.8 Å². The van der Waals surface area contributed by atoms with Crippen LogP contribution in [0.15, 0.2) is 35.2 Å². The van der Waals surface area contributed by atoms with Gasteiger partial charge in [0.2, 0.25) is 0 Å². The molecule has 1 heterocycles. The van der Waals surface area contributed by atoms with Gasteiger partial charge < -0.3 is 24.8 Å². The Labute approximate surface area is 195 Å². The molecule has 0 aromatic heterocycles. The molecule has 9 heteroatoms. The van der Waals surface area contributed by atoms with Gasteiger partial charge in [-0.2, -0.15) is 0 Å². The Hall–Kier alpha value is -2.66. The summed E-state index contributed by atoms with van der Waals surface area (Å²) < 4.78 is 16.5. The highest BCUT2D eigenvalue weighted by molar-refractivity contribution is 8.05. The minimum Gasteiger partial charge on any atom is -0.495 e. The van der Waals surface area contributed by atoms with E-state index in [4.69, 9.17) is 43.8 Å². The van der Waals surface area contributed by atoms with Crippen LogP contribution in [-0.4, -0.2) is 31.7 Å². The molecule has 1 saturated heterocycles. The quantitative estimate of drug-likeness (QED) is 0.410. The van der Waals surface area contributed by atoms with Gasteiger partial charge in [-0.3, -0.25) is 4.79 Å². The van der Waals surface area contributed by atoms with Crippen molar-refractivity contribution < 1.29 is 19.0 Å². The highest BCUT2D eigenvalue weighted by atomic mass is 35.5. The Balaban J connectivity index is 1.82. The van der Waals surface area contributed by atoms with E-state index in [9.17, 15) is 4.79 Å². The summed E-state index contributed by atoms with van der Waals surface area (Å²) in [4.78, 5) is 13.0. The molecule has 1 amide bonds. The van der Waals surface area contributed by atoms with Gasteiger partial charge in [0, 0.05) is 5.02 Å². The van der Waals surface area contributed by atoms with Gasteiger partial charge in [-0.25, -0.2) is 0 Å². The zero-order valence-electron chi connectivity index (χ0n) is 16.8. The summed E-state index contributed by atoms with van der Waals surface area (Å²) in [7, 11) is 1.57. The number of terminal acetylenes is 1. The number of hydrogen-bond donors (Lipinski definition) is 2. The van der Waals surface area contributed by atoms with Crippen LogP contribution in [0, 0.1) is 12.3 Å². The summed E-state index contributed by atoms with van der Waals surface area (Å²) in [6.07, 6.45) is 6.99. The molecule has 2 aromatic rings. The van der Waals surface area contributed by atoms with Gasteiger partial charge in [0.1, 0.15) is 12.4 Å². The average molecular weight is 479 g/mol. The third-order valence-corrected chi connectivity index (χ3v) is 5.65. The molecule has 0 radical (unpaired) electrons. The van der Waals surface area contributed by atoms with Crippen molar-refractivity contribution in [1.29, 1.82) is 0 Å². The van der Waals surface area contributed by atoms with Crippen molar-refractivity contribution in [3.05, 3.63) is 50.8 Å². The van der Waals surface area contributed by atoms with Crippen molar-refractivity contribution in [3.63, 3.8) is 0 Å². The number of anilines is 1. The maximum Gasteiger partial charge on any atom is 0.260 e. The molecular weight excluding hydrogens is 459 g/mol. The van der Waals surface area contributed by atoms with Gasteiger partial charge in [-0.1, -0.05) is 40.9 Å². The first-order valence-corrected chi connectivity index (χ1v) is 10.9. The first-order chi connectivity index (χ1) is 14.9. The number of nitrogens with one attached hydrogen (secondary N) is 2. The van der Waals surface area contributed by atoms with E-state index in [0.717, 1.165) is 0 Å². The van der Waals surface area contributed by atoms with Gasteiger partial charge in [0.25, 0.3) is 5.91 Å². The number of ether oxygens (including phenoxy) is 3. The minimum atomic E-state index is -0.397. The standard InChI is InChI=1S/C22H20Cl2N2O4S/c1-4-8-30-20-15(24)9-13(10-18(20)29-5-2)11-19-21(27)26-22(31-19)25-16-12-14(23)6-7-17(16)28-3/h1,6-7,9-12,22,25H,5,8H2,2-3H3,(H,26,27)/b19-11-. The van der Waals surface area contributed by atoms with E-state index in [1.54, 1.807) is 43.5 Å². The topological polar surface area (TPSA) is 68.8 Å². The van der Waals surface area contributed by atoms with Crippen LogP contribution in [0.4, 0.5) is 5.69 Å². The fourth-order valence-electron chi connectivity index (χ4n) is 2.84. The molecule has 31 heavy (non-hydrogen) atoms. The van der Waals surface area contributed by atoms with Gasteiger partial charge in [-0.05, 0) is 48.9 Å². The summed E-state index contributed by atoms with van der Waals surface area (Å²) in [6.45, 7) is 2.34. The SMILES string of the molecule is C#CCOc1c(Cl)cc(/C=C2\SC(Nc3cc(Cl)ccc3OC)NC2=O)cc1OCC. The third-order valence-electron chi connectivity index (χ3n) is 4.11. The fourth-order valence-corrected chi connectivity index (χ4v) is 4.26. The van der Waals surface area contributed by atoms with Crippen molar-refractivity contribution in [2.75, 3.05) is 25.6 Å². The molecule has 0 bridgehead atoms. The van der Waals surface area contributed by atoms with Crippen molar-refractivity contribution >= 4 is 52.6 Å². The lowest BCUT2D eigenvalue weighted by molar-refractivity contribution is -0.116. The molecule has 1 fully saturated rings. The summed E-state index contributed by atoms with van der Waals surface area (Å²) in [5, 5.41) is 6.98. The van der Waals surface area contributed by atoms with Crippen LogP contribution in [0.25, 0.3) is 6.08 Å². The number of carbonyl (C=O) groups is 1.